The average Bonchev–Trinajstić information content (AvgIpc) is 2.88. The van der Waals surface area contributed by atoms with E-state index in [0.29, 0.717) is 42.3 Å². The smallest absolute Gasteiger partial charge is 0.383 e. The van der Waals surface area contributed by atoms with E-state index in [1.165, 1.54) is 38.5 Å². The van der Waals surface area contributed by atoms with Gasteiger partial charge in [-0.1, -0.05) is 96.1 Å². The maximum atomic E-state index is 12.9. The van der Waals surface area contributed by atoms with Crippen molar-refractivity contribution in [1.82, 2.24) is 0 Å². The molecule has 1 aromatic carbocycles. The predicted molar refractivity (Wildman–Crippen MR) is 150 cm³/mol. The summed E-state index contributed by atoms with van der Waals surface area (Å²) in [6.45, 7) is 7.88. The van der Waals surface area contributed by atoms with Gasteiger partial charge < -0.3 is 18.6 Å². The summed E-state index contributed by atoms with van der Waals surface area (Å²) in [6.07, 6.45) is 21.6. The van der Waals surface area contributed by atoms with Gasteiger partial charge in [-0.05, 0) is 44.2 Å². The minimum atomic E-state index is -0.510. The van der Waals surface area contributed by atoms with E-state index in [9.17, 15) is 4.79 Å². The van der Waals surface area contributed by atoms with E-state index in [1.807, 2.05) is 12.1 Å². The van der Waals surface area contributed by atoms with E-state index in [4.69, 9.17) is 18.6 Å². The van der Waals surface area contributed by atoms with Crippen molar-refractivity contribution in [2.45, 2.75) is 97.8 Å². The van der Waals surface area contributed by atoms with Gasteiger partial charge in [-0.3, -0.25) is 0 Å². The Balaban J connectivity index is 2.15. The van der Waals surface area contributed by atoms with Crippen molar-refractivity contribution in [2.75, 3.05) is 19.8 Å². The van der Waals surface area contributed by atoms with Crippen LogP contribution in [0.3, 0.4) is 0 Å². The zero-order chi connectivity index (χ0) is 25.8. The molecule has 0 radical (unpaired) electrons. The lowest BCUT2D eigenvalue weighted by atomic mass is 10.1. The van der Waals surface area contributed by atoms with Gasteiger partial charge in [0.15, 0.2) is 5.75 Å². The minimum absolute atomic E-state index is 0.145. The van der Waals surface area contributed by atoms with Gasteiger partial charge in [0.2, 0.25) is 5.75 Å². The third kappa shape index (κ3) is 10.5. The normalized spacial score (nSPS) is 11.6. The molecule has 0 aliphatic carbocycles. The first-order chi connectivity index (χ1) is 17.7. The number of ether oxygens (including phenoxy) is 3. The monoisotopic (exact) mass is 498 g/mol. The van der Waals surface area contributed by atoms with Crippen LogP contribution < -0.4 is 19.8 Å². The lowest BCUT2D eigenvalue weighted by Crippen LogP contribution is -2.12. The Morgan fingerprint density at radius 2 is 1.31 bits per heavy atom. The molecule has 0 amide bonds. The molecule has 1 heterocycles. The first-order valence-electron chi connectivity index (χ1n) is 14.0. The fourth-order valence-electron chi connectivity index (χ4n) is 4.00. The number of benzene rings is 1. The van der Waals surface area contributed by atoms with Crippen LogP contribution >= 0.6 is 0 Å². The van der Waals surface area contributed by atoms with Gasteiger partial charge in [0.25, 0.3) is 0 Å². The van der Waals surface area contributed by atoms with Gasteiger partial charge in [-0.15, -0.1) is 0 Å². The van der Waals surface area contributed by atoms with E-state index in [1.54, 1.807) is 6.07 Å². The van der Waals surface area contributed by atoms with Crippen molar-refractivity contribution >= 4 is 11.0 Å². The Labute approximate surface area is 217 Å². The molecule has 200 valence electrons. The zero-order valence-electron chi connectivity index (χ0n) is 22.7. The summed E-state index contributed by atoms with van der Waals surface area (Å²) < 4.78 is 23.9. The van der Waals surface area contributed by atoms with Crippen LogP contribution in [0.1, 0.15) is 97.8 Å². The first kappa shape index (κ1) is 29.5. The number of hydrogen-bond acceptors (Lipinski definition) is 5. The number of hydrogen-bond donors (Lipinski definition) is 0. The summed E-state index contributed by atoms with van der Waals surface area (Å²) in [7, 11) is 0. The molecule has 0 saturated carbocycles. The third-order valence-corrected chi connectivity index (χ3v) is 5.93. The van der Waals surface area contributed by atoms with Crippen molar-refractivity contribution in [2.24, 2.45) is 0 Å². The van der Waals surface area contributed by atoms with Crippen LogP contribution in [0.5, 0.6) is 17.2 Å². The first-order valence-corrected chi connectivity index (χ1v) is 14.0. The van der Waals surface area contributed by atoms with Crippen molar-refractivity contribution < 1.29 is 18.6 Å². The van der Waals surface area contributed by atoms with Crippen LogP contribution in [-0.4, -0.2) is 19.8 Å². The van der Waals surface area contributed by atoms with E-state index >= 15 is 0 Å². The Kier molecular flexibility index (Phi) is 15.2. The molecule has 0 unspecified atom stereocenters. The molecule has 0 saturated heterocycles. The number of fused-ring (bicyclic) bond motifs is 1. The number of allylic oxidation sites excluding steroid dienone is 2. The Morgan fingerprint density at radius 1 is 0.694 bits per heavy atom. The molecule has 2 aromatic rings. The molecular weight excluding hydrogens is 452 g/mol. The van der Waals surface area contributed by atoms with Crippen molar-refractivity contribution in [3.63, 3.8) is 0 Å². The predicted octanol–water partition coefficient (Wildman–Crippen LogP) is 8.78. The van der Waals surface area contributed by atoms with Crippen LogP contribution in [0.25, 0.3) is 11.0 Å². The molecule has 5 nitrogen and oxygen atoms in total. The highest BCUT2D eigenvalue weighted by atomic mass is 16.5. The molecule has 36 heavy (non-hydrogen) atoms. The average molecular weight is 499 g/mol. The second-order valence-corrected chi connectivity index (χ2v) is 9.03. The fourth-order valence-corrected chi connectivity index (χ4v) is 4.00. The number of unbranched alkanes of at least 4 members (excludes halogenated alkanes) is 7. The molecule has 0 aliphatic rings. The van der Waals surface area contributed by atoms with Gasteiger partial charge >= 0.3 is 5.63 Å². The van der Waals surface area contributed by atoms with Crippen LogP contribution in [-0.2, 0) is 0 Å². The molecular formula is C31H46O5. The summed E-state index contributed by atoms with van der Waals surface area (Å²) in [5.41, 5.74) is -0.0654. The second-order valence-electron chi connectivity index (χ2n) is 9.03. The van der Waals surface area contributed by atoms with E-state index in [2.05, 4.69) is 45.1 Å². The maximum Gasteiger partial charge on any atom is 0.383 e. The number of rotatable bonds is 20. The van der Waals surface area contributed by atoms with Gasteiger partial charge in [0.1, 0.15) is 16.7 Å². The summed E-state index contributed by atoms with van der Waals surface area (Å²) in [4.78, 5) is 12.9. The van der Waals surface area contributed by atoms with Crippen molar-refractivity contribution in [3.05, 3.63) is 52.9 Å². The topological polar surface area (TPSA) is 57.9 Å². The molecule has 0 fully saturated rings. The quantitative estimate of drug-likeness (QED) is 0.104. The summed E-state index contributed by atoms with van der Waals surface area (Å²) in [5.74, 6) is 1.20. The summed E-state index contributed by atoms with van der Waals surface area (Å²) in [6, 6.07) is 5.49. The Bertz CT molecular complexity index is 973. The minimum Gasteiger partial charge on any atom is -0.492 e. The highest BCUT2D eigenvalue weighted by molar-refractivity contribution is 5.91. The SMILES string of the molecule is CCC=CCCOc1cccc2oc(=O)c(OCCCCCCCCCC)c(OCCC=CCC)c12. The van der Waals surface area contributed by atoms with Gasteiger partial charge in [-0.25, -0.2) is 4.79 Å². The van der Waals surface area contributed by atoms with Gasteiger partial charge in [0.05, 0.1) is 19.8 Å². The molecule has 0 N–H and O–H groups in total. The van der Waals surface area contributed by atoms with Crippen LogP contribution in [0.2, 0.25) is 0 Å². The van der Waals surface area contributed by atoms with Gasteiger partial charge in [0, 0.05) is 0 Å². The maximum absolute atomic E-state index is 12.9. The van der Waals surface area contributed by atoms with Crippen LogP contribution in [0, 0.1) is 0 Å². The molecule has 0 atom stereocenters. The van der Waals surface area contributed by atoms with E-state index in [-0.39, 0.29) is 5.75 Å². The highest BCUT2D eigenvalue weighted by Crippen LogP contribution is 2.39. The molecule has 1 aromatic heterocycles. The second kappa shape index (κ2) is 18.6. The highest BCUT2D eigenvalue weighted by Gasteiger charge is 2.21. The largest absolute Gasteiger partial charge is 0.492 e. The van der Waals surface area contributed by atoms with E-state index < -0.39 is 5.63 Å². The Hall–Kier alpha value is -2.69. The molecule has 0 spiro atoms. The van der Waals surface area contributed by atoms with Crippen molar-refractivity contribution in [1.29, 1.82) is 0 Å². The lowest BCUT2D eigenvalue weighted by Gasteiger charge is -2.16. The van der Waals surface area contributed by atoms with E-state index in [0.717, 1.165) is 38.5 Å². The summed E-state index contributed by atoms with van der Waals surface area (Å²) >= 11 is 0. The van der Waals surface area contributed by atoms with Crippen LogP contribution in [0.15, 0.2) is 51.7 Å². The lowest BCUT2D eigenvalue weighted by molar-refractivity contribution is 0.254. The fraction of sp³-hybridized carbons (Fsp3) is 0.581. The van der Waals surface area contributed by atoms with Gasteiger partial charge in [-0.2, -0.15) is 0 Å². The molecule has 2 rings (SSSR count). The Morgan fingerprint density at radius 3 is 1.97 bits per heavy atom. The van der Waals surface area contributed by atoms with Crippen molar-refractivity contribution in [3.8, 4) is 17.2 Å². The van der Waals surface area contributed by atoms with Crippen LogP contribution in [0.4, 0.5) is 0 Å². The zero-order valence-corrected chi connectivity index (χ0v) is 22.7. The summed E-state index contributed by atoms with van der Waals surface area (Å²) in [5, 5.41) is 0.655. The molecule has 0 aliphatic heterocycles. The standard InChI is InChI=1S/C31H46O5/c1-4-7-10-13-14-15-16-19-25-35-30-29(34-24-18-12-9-6-3)28-26(33-23-17-11-8-5-2)21-20-22-27(28)36-31(30)32/h8-9,11-12,20-22H,4-7,10,13-19,23-25H2,1-3H3. The third-order valence-electron chi connectivity index (χ3n) is 5.93. The molecule has 5 heteroatoms. The molecule has 0 bridgehead atoms.